The number of ether oxygens (including phenoxy) is 1. The van der Waals surface area contributed by atoms with Crippen LogP contribution in [0.3, 0.4) is 0 Å². The zero-order valence-electron chi connectivity index (χ0n) is 15.7. The third kappa shape index (κ3) is 4.19. The SMILES string of the molecule is CCOc1ccc(NC(=O)C2(N)CCCC2)cc1S(=O)(=O)N(CC)CC. The lowest BCUT2D eigenvalue weighted by molar-refractivity contribution is -0.121. The number of hydrogen-bond donors (Lipinski definition) is 2. The maximum absolute atomic E-state index is 13.0. The Bertz CT molecular complexity index is 739. The summed E-state index contributed by atoms with van der Waals surface area (Å²) in [6.45, 7) is 6.41. The van der Waals surface area contributed by atoms with Gasteiger partial charge in [-0.2, -0.15) is 4.31 Å². The Morgan fingerprint density at radius 2 is 1.85 bits per heavy atom. The molecular formula is C18H29N3O4S. The first kappa shape index (κ1) is 20.7. The molecule has 1 saturated carbocycles. The summed E-state index contributed by atoms with van der Waals surface area (Å²) < 4.78 is 32.8. The predicted octanol–water partition coefficient (Wildman–Crippen LogP) is 2.33. The third-order valence-corrected chi connectivity index (χ3v) is 6.84. The van der Waals surface area contributed by atoms with E-state index in [1.807, 2.05) is 0 Å². The summed E-state index contributed by atoms with van der Waals surface area (Å²) in [5, 5.41) is 2.78. The average Bonchev–Trinajstić information content (AvgIpc) is 3.05. The van der Waals surface area contributed by atoms with Crippen LogP contribution in [-0.2, 0) is 14.8 Å². The smallest absolute Gasteiger partial charge is 0.246 e. The highest BCUT2D eigenvalue weighted by Gasteiger charge is 2.37. The van der Waals surface area contributed by atoms with Crippen molar-refractivity contribution in [3.63, 3.8) is 0 Å². The van der Waals surface area contributed by atoms with Crippen LogP contribution in [0.2, 0.25) is 0 Å². The monoisotopic (exact) mass is 383 g/mol. The van der Waals surface area contributed by atoms with Crippen molar-refractivity contribution in [3.05, 3.63) is 18.2 Å². The average molecular weight is 384 g/mol. The van der Waals surface area contributed by atoms with E-state index in [2.05, 4.69) is 5.32 Å². The quantitative estimate of drug-likeness (QED) is 0.717. The molecule has 1 aromatic carbocycles. The fourth-order valence-electron chi connectivity index (χ4n) is 3.25. The number of nitrogens with one attached hydrogen (secondary N) is 1. The Labute approximate surface area is 155 Å². The van der Waals surface area contributed by atoms with E-state index in [9.17, 15) is 13.2 Å². The number of rotatable bonds is 8. The standard InChI is InChI=1S/C18H29N3O4S/c1-4-21(5-2)26(23,24)16-13-14(9-10-15(16)25-6-3)20-17(22)18(19)11-7-8-12-18/h9-10,13H,4-8,11-12,19H2,1-3H3,(H,20,22). The van der Waals surface area contributed by atoms with Crippen molar-refractivity contribution >= 4 is 21.6 Å². The summed E-state index contributed by atoms with van der Waals surface area (Å²) in [5.74, 6) is 0.00562. The number of nitrogens with two attached hydrogens (primary N) is 1. The van der Waals surface area contributed by atoms with Crippen molar-refractivity contribution < 1.29 is 17.9 Å². The van der Waals surface area contributed by atoms with E-state index in [1.165, 1.54) is 10.4 Å². The molecule has 0 aliphatic heterocycles. The molecule has 0 unspecified atom stereocenters. The Morgan fingerprint density at radius 3 is 2.38 bits per heavy atom. The van der Waals surface area contributed by atoms with E-state index in [4.69, 9.17) is 10.5 Å². The second-order valence-electron chi connectivity index (χ2n) is 6.50. The Balaban J connectivity index is 2.37. The number of benzene rings is 1. The zero-order chi connectivity index (χ0) is 19.4. The van der Waals surface area contributed by atoms with E-state index in [0.29, 0.717) is 38.2 Å². The van der Waals surface area contributed by atoms with Crippen molar-refractivity contribution in [2.45, 2.75) is 56.9 Å². The first-order valence-corrected chi connectivity index (χ1v) is 10.6. The lowest BCUT2D eigenvalue weighted by atomic mass is 9.98. The molecule has 1 aliphatic carbocycles. The maximum atomic E-state index is 13.0. The van der Waals surface area contributed by atoms with E-state index in [0.717, 1.165) is 12.8 Å². The Morgan fingerprint density at radius 1 is 1.23 bits per heavy atom. The molecule has 1 aliphatic rings. The van der Waals surface area contributed by atoms with Crippen LogP contribution in [-0.4, -0.2) is 43.9 Å². The van der Waals surface area contributed by atoms with Gasteiger partial charge in [0, 0.05) is 18.8 Å². The molecule has 3 N–H and O–H groups in total. The minimum absolute atomic E-state index is 0.0540. The molecule has 7 nitrogen and oxygen atoms in total. The molecule has 8 heteroatoms. The second kappa shape index (κ2) is 8.37. The summed E-state index contributed by atoms with van der Waals surface area (Å²) >= 11 is 0. The summed E-state index contributed by atoms with van der Waals surface area (Å²) in [4.78, 5) is 12.6. The van der Waals surface area contributed by atoms with Crippen molar-refractivity contribution in [1.29, 1.82) is 0 Å². The number of nitrogens with zero attached hydrogens (tertiary/aromatic N) is 1. The number of carbonyl (C=O) groups excluding carboxylic acids is 1. The molecule has 0 radical (unpaired) electrons. The van der Waals surface area contributed by atoms with Gasteiger partial charge in [0.15, 0.2) is 0 Å². The van der Waals surface area contributed by atoms with Gasteiger partial charge in [-0.15, -0.1) is 0 Å². The van der Waals surface area contributed by atoms with Gasteiger partial charge in [0.25, 0.3) is 0 Å². The first-order valence-electron chi connectivity index (χ1n) is 9.15. The number of anilines is 1. The van der Waals surface area contributed by atoms with Gasteiger partial charge in [-0.05, 0) is 38.0 Å². The Kier molecular flexibility index (Phi) is 6.65. The van der Waals surface area contributed by atoms with E-state index in [-0.39, 0.29) is 16.6 Å². The van der Waals surface area contributed by atoms with Gasteiger partial charge in [0.2, 0.25) is 15.9 Å². The van der Waals surface area contributed by atoms with Gasteiger partial charge in [0.05, 0.1) is 12.1 Å². The minimum atomic E-state index is -3.72. The normalized spacial score (nSPS) is 16.7. The molecule has 146 valence electrons. The topological polar surface area (TPSA) is 102 Å². The van der Waals surface area contributed by atoms with Crippen LogP contribution in [0, 0.1) is 0 Å². The van der Waals surface area contributed by atoms with Crippen LogP contribution in [0.1, 0.15) is 46.5 Å². The summed E-state index contributed by atoms with van der Waals surface area (Å²) in [7, 11) is -3.72. The van der Waals surface area contributed by atoms with Crippen molar-refractivity contribution in [1.82, 2.24) is 4.31 Å². The Hall–Kier alpha value is -1.64. The largest absolute Gasteiger partial charge is 0.492 e. The van der Waals surface area contributed by atoms with E-state index >= 15 is 0 Å². The molecule has 0 aromatic heterocycles. The second-order valence-corrected chi connectivity index (χ2v) is 8.41. The van der Waals surface area contributed by atoms with Crippen molar-refractivity contribution in [3.8, 4) is 5.75 Å². The molecule has 0 spiro atoms. The predicted molar refractivity (Wildman–Crippen MR) is 102 cm³/mol. The summed E-state index contributed by atoms with van der Waals surface area (Å²) in [6.07, 6.45) is 3.13. The maximum Gasteiger partial charge on any atom is 0.246 e. The molecule has 1 fully saturated rings. The van der Waals surface area contributed by atoms with Crippen LogP contribution < -0.4 is 15.8 Å². The molecule has 0 saturated heterocycles. The molecule has 1 aromatic rings. The lowest BCUT2D eigenvalue weighted by Crippen LogP contribution is -2.48. The van der Waals surface area contributed by atoms with Crippen LogP contribution in [0.4, 0.5) is 5.69 Å². The summed E-state index contributed by atoms with van der Waals surface area (Å²) in [6, 6.07) is 4.67. The van der Waals surface area contributed by atoms with Gasteiger partial charge in [-0.3, -0.25) is 4.79 Å². The molecule has 26 heavy (non-hydrogen) atoms. The minimum Gasteiger partial charge on any atom is -0.492 e. The molecule has 1 amide bonds. The third-order valence-electron chi connectivity index (χ3n) is 4.77. The van der Waals surface area contributed by atoms with Gasteiger partial charge in [-0.25, -0.2) is 8.42 Å². The van der Waals surface area contributed by atoms with Crippen LogP contribution >= 0.6 is 0 Å². The van der Waals surface area contributed by atoms with Gasteiger partial charge in [0.1, 0.15) is 10.6 Å². The van der Waals surface area contributed by atoms with Crippen molar-refractivity contribution in [2.24, 2.45) is 5.73 Å². The van der Waals surface area contributed by atoms with Crippen LogP contribution in [0.25, 0.3) is 0 Å². The van der Waals surface area contributed by atoms with E-state index < -0.39 is 15.6 Å². The van der Waals surface area contributed by atoms with E-state index in [1.54, 1.807) is 32.9 Å². The number of sulfonamides is 1. The lowest BCUT2D eigenvalue weighted by Gasteiger charge is -2.24. The highest BCUT2D eigenvalue weighted by atomic mass is 32.2. The summed E-state index contributed by atoms with van der Waals surface area (Å²) in [5.41, 5.74) is 5.71. The van der Waals surface area contributed by atoms with Crippen LogP contribution in [0.15, 0.2) is 23.1 Å². The van der Waals surface area contributed by atoms with Crippen LogP contribution in [0.5, 0.6) is 5.75 Å². The van der Waals surface area contributed by atoms with Gasteiger partial charge < -0.3 is 15.8 Å². The molecule has 0 atom stereocenters. The number of carbonyl (C=O) groups is 1. The zero-order valence-corrected chi connectivity index (χ0v) is 16.6. The van der Waals surface area contributed by atoms with Gasteiger partial charge in [-0.1, -0.05) is 26.7 Å². The first-order chi connectivity index (χ1) is 12.3. The highest BCUT2D eigenvalue weighted by molar-refractivity contribution is 7.89. The molecule has 0 heterocycles. The van der Waals surface area contributed by atoms with Crippen molar-refractivity contribution in [2.75, 3.05) is 25.0 Å². The number of amides is 1. The molecular weight excluding hydrogens is 354 g/mol. The fourth-order valence-corrected chi connectivity index (χ4v) is 4.87. The van der Waals surface area contributed by atoms with Gasteiger partial charge >= 0.3 is 0 Å². The highest BCUT2D eigenvalue weighted by Crippen LogP contribution is 2.32. The molecule has 2 rings (SSSR count). The molecule has 0 bridgehead atoms. The number of hydrogen-bond acceptors (Lipinski definition) is 5. The fraction of sp³-hybridized carbons (Fsp3) is 0.611.